The molecular weight excluding hydrogens is 457 g/mol. The van der Waals surface area contributed by atoms with Gasteiger partial charge in [-0.05, 0) is 60.4 Å². The quantitative estimate of drug-likeness (QED) is 0.361. The van der Waals surface area contributed by atoms with E-state index in [9.17, 15) is 13.2 Å². The van der Waals surface area contributed by atoms with Crippen LogP contribution < -0.4 is 4.74 Å². The average Bonchev–Trinajstić information content (AvgIpc) is 3.15. The topological polar surface area (TPSA) is 46.0 Å². The zero-order valence-corrected chi connectivity index (χ0v) is 21.8. The normalized spacial score (nSPS) is 11.6. The minimum Gasteiger partial charge on any atom is -0.405 e. The number of aromatic nitrogens is 1. The van der Waals surface area contributed by atoms with Gasteiger partial charge in [-0.3, -0.25) is 0 Å². The highest BCUT2D eigenvalue weighted by molar-refractivity contribution is 7.17. The predicted octanol–water partition coefficient (Wildman–Crippen LogP) is 9.42. The van der Waals surface area contributed by atoms with Gasteiger partial charge in [-0.15, -0.1) is 24.5 Å². The van der Waals surface area contributed by atoms with Crippen molar-refractivity contribution >= 4 is 33.3 Å². The number of para-hydroxylation sites is 1. The van der Waals surface area contributed by atoms with Crippen LogP contribution in [-0.2, 0) is 0 Å². The summed E-state index contributed by atoms with van der Waals surface area (Å²) in [4.78, 5) is 4.57. The molecule has 1 N–H and O–H groups in total. The molecule has 0 unspecified atom stereocenters. The van der Waals surface area contributed by atoms with Crippen molar-refractivity contribution < 1.29 is 17.9 Å². The molecule has 186 valence electrons. The van der Waals surface area contributed by atoms with E-state index in [0.717, 1.165) is 22.7 Å². The van der Waals surface area contributed by atoms with Crippen LogP contribution >= 0.6 is 11.3 Å². The van der Waals surface area contributed by atoms with E-state index in [1.165, 1.54) is 35.0 Å². The first-order chi connectivity index (χ1) is 15.9. The highest BCUT2D eigenvalue weighted by Gasteiger charge is 2.32. The number of hydrogen-bond donors (Lipinski definition) is 1. The molecule has 34 heavy (non-hydrogen) atoms. The van der Waals surface area contributed by atoms with Gasteiger partial charge in [0.05, 0.1) is 15.9 Å². The fourth-order valence-electron chi connectivity index (χ4n) is 2.67. The Morgan fingerprint density at radius 3 is 2.24 bits per heavy atom. The lowest BCUT2D eigenvalue weighted by atomic mass is 10.0. The Hall–Kier alpha value is -2.67. The van der Waals surface area contributed by atoms with Gasteiger partial charge in [-0.2, -0.15) is 0 Å². The Morgan fingerprint density at radius 1 is 1.12 bits per heavy atom. The van der Waals surface area contributed by atoms with E-state index in [1.807, 2.05) is 32.9 Å². The first-order valence-electron chi connectivity index (χ1n) is 11.3. The second-order valence-corrected chi connectivity index (χ2v) is 9.30. The smallest absolute Gasteiger partial charge is 0.405 e. The van der Waals surface area contributed by atoms with Gasteiger partial charge in [0.1, 0.15) is 5.75 Å². The number of rotatable bonds is 5. The van der Waals surface area contributed by atoms with Gasteiger partial charge >= 0.3 is 6.36 Å². The van der Waals surface area contributed by atoms with Crippen LogP contribution in [0.5, 0.6) is 5.75 Å². The van der Waals surface area contributed by atoms with Crippen LogP contribution in [0.3, 0.4) is 0 Å². The first kappa shape index (κ1) is 29.4. The zero-order valence-electron chi connectivity index (χ0n) is 21.0. The monoisotopic (exact) mass is 492 g/mol. The van der Waals surface area contributed by atoms with Crippen LogP contribution in [0, 0.1) is 18.3 Å². The van der Waals surface area contributed by atoms with Gasteiger partial charge in [0.2, 0.25) is 0 Å². The Morgan fingerprint density at radius 2 is 1.74 bits per heavy atom. The third-order valence-electron chi connectivity index (χ3n) is 4.94. The van der Waals surface area contributed by atoms with Gasteiger partial charge in [0.15, 0.2) is 0 Å². The second-order valence-electron chi connectivity index (χ2n) is 8.39. The minimum absolute atomic E-state index is 0.00792. The van der Waals surface area contributed by atoms with Crippen molar-refractivity contribution in [1.29, 1.82) is 5.41 Å². The molecule has 0 fully saturated rings. The molecule has 1 aromatic carbocycles. The number of fused-ring (bicyclic) bond motifs is 1. The number of thiophene rings is 1. The molecule has 3 nitrogen and oxygen atoms in total. The summed E-state index contributed by atoms with van der Waals surface area (Å²) in [5.41, 5.74) is 4.56. The number of nitrogens with zero attached hydrogens (tertiary/aromatic N) is 1. The lowest BCUT2D eigenvalue weighted by molar-refractivity contribution is -0.274. The van der Waals surface area contributed by atoms with Crippen molar-refractivity contribution in [3.63, 3.8) is 0 Å². The maximum Gasteiger partial charge on any atom is 0.573 e. The molecule has 0 saturated heterocycles. The van der Waals surface area contributed by atoms with Crippen molar-refractivity contribution in [2.45, 2.75) is 67.2 Å². The fraction of sp³-hybridized carbons (Fsp3) is 0.407. The maximum absolute atomic E-state index is 12.0. The summed E-state index contributed by atoms with van der Waals surface area (Å²) >= 11 is 1.71. The lowest BCUT2D eigenvalue weighted by Gasteiger charge is -2.14. The van der Waals surface area contributed by atoms with Crippen LogP contribution in [0.1, 0.15) is 70.7 Å². The third-order valence-corrected chi connectivity index (χ3v) is 5.99. The minimum atomic E-state index is -4.62. The molecule has 0 spiro atoms. The molecule has 0 radical (unpaired) electrons. The molecule has 3 rings (SSSR count). The summed E-state index contributed by atoms with van der Waals surface area (Å²) in [6.07, 6.45) is -0.0657. The molecule has 0 aliphatic rings. The van der Waals surface area contributed by atoms with Crippen molar-refractivity contribution in [2.24, 2.45) is 5.92 Å². The van der Waals surface area contributed by atoms with Gasteiger partial charge < -0.3 is 10.1 Å². The molecule has 0 atom stereocenters. The Balaban J connectivity index is 0.000000286. The van der Waals surface area contributed by atoms with Gasteiger partial charge in [-0.1, -0.05) is 65.3 Å². The van der Waals surface area contributed by atoms with Crippen molar-refractivity contribution in [3.8, 4) is 5.75 Å². The summed E-state index contributed by atoms with van der Waals surface area (Å²) in [7, 11) is 0. The molecule has 0 aliphatic carbocycles. The van der Waals surface area contributed by atoms with E-state index < -0.39 is 6.36 Å². The SMILES string of the molecule is C/C=C(\C=N)c1ccc2scc(C)c2n1.CC(C)c1ccccc1OC(F)(F)F.CCC(C)C. The number of ether oxygens (including phenoxy) is 1. The molecule has 2 aromatic heterocycles. The van der Waals surface area contributed by atoms with Crippen LogP contribution in [0.2, 0.25) is 0 Å². The molecule has 2 heterocycles. The van der Waals surface area contributed by atoms with Crippen molar-refractivity contribution in [3.05, 3.63) is 64.7 Å². The molecule has 0 aliphatic heterocycles. The van der Waals surface area contributed by atoms with Crippen LogP contribution in [0.4, 0.5) is 13.2 Å². The number of halogens is 3. The molecule has 0 bridgehead atoms. The lowest BCUT2D eigenvalue weighted by Crippen LogP contribution is -2.18. The standard InChI is InChI=1S/C12H12N2S.C10H11F3O.C5H12/c1-3-9(6-13)10-4-5-11-12(14-10)8(2)7-15-11;1-7(2)8-5-3-4-6-9(8)14-10(11,12)13;1-4-5(2)3/h3-7,13H,1-2H3;3-7H,1-2H3;5H,4H2,1-3H3/b9-3+,13-6?;;. The molecule has 0 saturated carbocycles. The molecule has 7 heteroatoms. The van der Waals surface area contributed by atoms with Crippen LogP contribution in [0.15, 0.2) is 47.9 Å². The van der Waals surface area contributed by atoms with Crippen molar-refractivity contribution in [2.75, 3.05) is 0 Å². The van der Waals surface area contributed by atoms with Gasteiger partial charge in [-0.25, -0.2) is 4.98 Å². The van der Waals surface area contributed by atoms with E-state index in [0.29, 0.717) is 5.56 Å². The van der Waals surface area contributed by atoms with Crippen molar-refractivity contribution in [1.82, 2.24) is 4.98 Å². The summed E-state index contributed by atoms with van der Waals surface area (Å²) in [6, 6.07) is 10.2. The number of benzene rings is 1. The summed E-state index contributed by atoms with van der Waals surface area (Å²) in [5, 5.41) is 9.40. The highest BCUT2D eigenvalue weighted by atomic mass is 32.1. The molecular formula is C27H35F3N2OS. The Bertz CT molecular complexity index is 1070. The first-order valence-corrected chi connectivity index (χ1v) is 12.2. The van der Waals surface area contributed by atoms with E-state index in [2.05, 4.69) is 48.9 Å². The number of pyridine rings is 1. The summed E-state index contributed by atoms with van der Waals surface area (Å²) in [6.45, 7) is 14.3. The van der Waals surface area contributed by atoms with E-state index in [1.54, 1.807) is 23.5 Å². The van der Waals surface area contributed by atoms with E-state index in [4.69, 9.17) is 5.41 Å². The van der Waals surface area contributed by atoms with Gasteiger partial charge in [0.25, 0.3) is 0 Å². The largest absolute Gasteiger partial charge is 0.573 e. The Kier molecular flexibility index (Phi) is 12.0. The van der Waals surface area contributed by atoms with Gasteiger partial charge in [0, 0.05) is 11.8 Å². The highest BCUT2D eigenvalue weighted by Crippen LogP contribution is 2.30. The average molecular weight is 493 g/mol. The summed E-state index contributed by atoms with van der Waals surface area (Å²) in [5.74, 6) is 0.776. The predicted molar refractivity (Wildman–Crippen MR) is 139 cm³/mol. The maximum atomic E-state index is 12.0. The fourth-order valence-corrected chi connectivity index (χ4v) is 3.55. The van der Waals surface area contributed by atoms with Crippen LogP contribution in [0.25, 0.3) is 15.8 Å². The Labute approximate surface area is 205 Å². The summed E-state index contributed by atoms with van der Waals surface area (Å²) < 4.78 is 41.0. The number of aryl methyl sites for hydroxylation is 1. The van der Waals surface area contributed by atoms with E-state index in [-0.39, 0.29) is 11.7 Å². The number of allylic oxidation sites excluding steroid dienone is 2. The number of alkyl halides is 3. The second kappa shape index (κ2) is 13.9. The third kappa shape index (κ3) is 9.67. The number of nitrogens with one attached hydrogen (secondary N) is 1. The van der Waals surface area contributed by atoms with E-state index >= 15 is 0 Å². The zero-order chi connectivity index (χ0) is 25.9. The molecule has 3 aromatic rings. The molecule has 0 amide bonds. The van der Waals surface area contributed by atoms with Crippen LogP contribution in [-0.4, -0.2) is 17.6 Å². The number of hydrogen-bond acceptors (Lipinski definition) is 4.